The lowest BCUT2D eigenvalue weighted by Crippen LogP contribution is -2.35. The molecule has 2 aromatic rings. The van der Waals surface area contributed by atoms with Crippen LogP contribution in [0.2, 0.25) is 0 Å². The number of hydrogen-bond acceptors (Lipinski definition) is 8. The Morgan fingerprint density at radius 1 is 1.03 bits per heavy atom. The van der Waals surface area contributed by atoms with E-state index in [-0.39, 0.29) is 17.3 Å². The van der Waals surface area contributed by atoms with Crippen molar-refractivity contribution >= 4 is 39.8 Å². The van der Waals surface area contributed by atoms with Gasteiger partial charge in [-0.05, 0) is 54.1 Å². The SMILES string of the molecule is COc1cc(C=C2C(=N)N3N=C(C(C)C)SC3=NC2=O)ccc1OCCOCCOc1ccccc1C. The van der Waals surface area contributed by atoms with E-state index < -0.39 is 5.91 Å². The van der Waals surface area contributed by atoms with Gasteiger partial charge in [0.25, 0.3) is 5.91 Å². The van der Waals surface area contributed by atoms with Gasteiger partial charge in [0.05, 0.1) is 25.9 Å². The van der Waals surface area contributed by atoms with Crippen LogP contribution in [0.1, 0.15) is 25.0 Å². The summed E-state index contributed by atoms with van der Waals surface area (Å²) in [5.74, 6) is 1.63. The van der Waals surface area contributed by atoms with Crippen LogP contribution in [-0.4, -0.2) is 60.5 Å². The minimum Gasteiger partial charge on any atom is -0.493 e. The molecule has 9 nitrogen and oxygen atoms in total. The van der Waals surface area contributed by atoms with Crippen LogP contribution in [0.3, 0.4) is 0 Å². The van der Waals surface area contributed by atoms with Gasteiger partial charge in [-0.3, -0.25) is 10.2 Å². The lowest BCUT2D eigenvalue weighted by Gasteiger charge is -2.20. The van der Waals surface area contributed by atoms with E-state index in [2.05, 4.69) is 10.1 Å². The van der Waals surface area contributed by atoms with Gasteiger partial charge in [0.2, 0.25) is 5.17 Å². The zero-order valence-corrected chi connectivity index (χ0v) is 22.1. The van der Waals surface area contributed by atoms with Crippen molar-refractivity contribution in [1.82, 2.24) is 5.01 Å². The Labute approximate surface area is 220 Å². The highest BCUT2D eigenvalue weighted by atomic mass is 32.2. The number of aryl methyl sites for hydroxylation is 1. The average molecular weight is 523 g/mol. The summed E-state index contributed by atoms with van der Waals surface area (Å²) in [5, 5.41) is 15.6. The van der Waals surface area contributed by atoms with Gasteiger partial charge in [0.1, 0.15) is 24.0 Å². The van der Waals surface area contributed by atoms with Crippen LogP contribution in [0.5, 0.6) is 17.2 Å². The number of hydrazone groups is 1. The summed E-state index contributed by atoms with van der Waals surface area (Å²) in [6.45, 7) is 7.66. The third kappa shape index (κ3) is 6.39. The van der Waals surface area contributed by atoms with Crippen molar-refractivity contribution in [2.24, 2.45) is 16.0 Å². The number of nitrogens with one attached hydrogen (secondary N) is 1. The highest BCUT2D eigenvalue weighted by Gasteiger charge is 2.36. The smallest absolute Gasteiger partial charge is 0.283 e. The number of para-hydroxylation sites is 1. The van der Waals surface area contributed by atoms with Crippen molar-refractivity contribution in [3.8, 4) is 17.2 Å². The summed E-state index contributed by atoms with van der Waals surface area (Å²) in [7, 11) is 1.55. The maximum Gasteiger partial charge on any atom is 0.283 e. The molecule has 0 bridgehead atoms. The van der Waals surface area contributed by atoms with E-state index in [0.29, 0.717) is 48.7 Å². The van der Waals surface area contributed by atoms with Gasteiger partial charge in [-0.25, -0.2) is 0 Å². The summed E-state index contributed by atoms with van der Waals surface area (Å²) >= 11 is 1.32. The molecule has 0 saturated heterocycles. The third-order valence-electron chi connectivity index (χ3n) is 5.53. The summed E-state index contributed by atoms with van der Waals surface area (Å²) in [5.41, 5.74) is 1.93. The molecule has 0 fully saturated rings. The molecule has 0 radical (unpaired) electrons. The van der Waals surface area contributed by atoms with Crippen LogP contribution < -0.4 is 14.2 Å². The lowest BCUT2D eigenvalue weighted by molar-refractivity contribution is -0.114. The fourth-order valence-electron chi connectivity index (χ4n) is 3.54. The average Bonchev–Trinajstić information content (AvgIpc) is 3.32. The maximum absolute atomic E-state index is 12.6. The van der Waals surface area contributed by atoms with Crippen molar-refractivity contribution in [1.29, 1.82) is 5.41 Å². The standard InChI is InChI=1S/C27H30N4O5S/c1-17(2)26-30-31-24(28)20(25(32)29-27(31)37-26)15-19-9-10-22(23(16-19)33-4)36-14-12-34-11-13-35-21-8-6-5-7-18(21)3/h5-10,15-17,28H,11-14H2,1-4H3. The first-order valence-electron chi connectivity index (χ1n) is 11.9. The van der Waals surface area contributed by atoms with Gasteiger partial charge < -0.3 is 18.9 Å². The number of rotatable bonds is 11. The Hall–Kier alpha value is -3.63. The Morgan fingerprint density at radius 2 is 1.76 bits per heavy atom. The molecule has 2 aromatic carbocycles. The Balaban J connectivity index is 1.31. The van der Waals surface area contributed by atoms with Crippen LogP contribution in [-0.2, 0) is 9.53 Å². The van der Waals surface area contributed by atoms with E-state index in [4.69, 9.17) is 24.4 Å². The van der Waals surface area contributed by atoms with Crippen LogP contribution in [0, 0.1) is 18.3 Å². The van der Waals surface area contributed by atoms with E-state index in [1.165, 1.54) is 16.8 Å². The molecule has 0 aromatic heterocycles. The predicted molar refractivity (Wildman–Crippen MR) is 146 cm³/mol. The number of carbonyl (C=O) groups is 1. The highest BCUT2D eigenvalue weighted by molar-refractivity contribution is 8.27. The van der Waals surface area contributed by atoms with Gasteiger partial charge in [-0.1, -0.05) is 38.1 Å². The number of amidine groups is 2. The molecule has 0 unspecified atom stereocenters. The second-order valence-corrected chi connectivity index (χ2v) is 9.59. The van der Waals surface area contributed by atoms with E-state index >= 15 is 0 Å². The number of hydrogen-bond donors (Lipinski definition) is 1. The predicted octanol–water partition coefficient (Wildman–Crippen LogP) is 4.75. The molecule has 10 heteroatoms. The topological polar surface area (TPSA) is 106 Å². The number of benzene rings is 2. The summed E-state index contributed by atoms with van der Waals surface area (Å²) in [6.07, 6.45) is 1.61. The van der Waals surface area contributed by atoms with E-state index in [0.717, 1.165) is 16.4 Å². The second-order valence-electron chi connectivity index (χ2n) is 8.60. The molecule has 0 saturated carbocycles. The highest BCUT2D eigenvalue weighted by Crippen LogP contribution is 2.32. The van der Waals surface area contributed by atoms with Crippen LogP contribution in [0.15, 0.2) is 58.1 Å². The van der Waals surface area contributed by atoms with E-state index in [1.54, 1.807) is 31.4 Å². The molecule has 37 heavy (non-hydrogen) atoms. The number of thioether (sulfide) groups is 1. The molecule has 2 aliphatic heterocycles. The molecule has 194 valence electrons. The lowest BCUT2D eigenvalue weighted by atomic mass is 10.1. The molecule has 4 rings (SSSR count). The van der Waals surface area contributed by atoms with Crippen LogP contribution >= 0.6 is 11.8 Å². The fraction of sp³-hybridized carbons (Fsp3) is 0.333. The monoisotopic (exact) mass is 522 g/mol. The Bertz CT molecular complexity index is 1270. The summed E-state index contributed by atoms with van der Waals surface area (Å²) in [6, 6.07) is 13.2. The molecule has 2 heterocycles. The number of methoxy groups -OCH3 is 1. The molecule has 1 amide bonds. The zero-order chi connectivity index (χ0) is 26.4. The van der Waals surface area contributed by atoms with E-state index in [1.807, 2.05) is 45.0 Å². The van der Waals surface area contributed by atoms with Crippen molar-refractivity contribution < 1.29 is 23.7 Å². The fourth-order valence-corrected chi connectivity index (χ4v) is 4.43. The van der Waals surface area contributed by atoms with Crippen molar-refractivity contribution in [3.63, 3.8) is 0 Å². The van der Waals surface area contributed by atoms with Gasteiger partial charge in [-0.15, -0.1) is 0 Å². The molecule has 1 N–H and O–H groups in total. The minimum absolute atomic E-state index is 0.000923. The number of carbonyl (C=O) groups excluding carboxylic acids is 1. The second kappa shape index (κ2) is 12.1. The number of fused-ring (bicyclic) bond motifs is 1. The third-order valence-corrected chi connectivity index (χ3v) is 6.74. The minimum atomic E-state index is -0.466. The number of ether oxygens (including phenoxy) is 4. The number of nitrogens with zero attached hydrogens (tertiary/aromatic N) is 3. The first-order valence-corrected chi connectivity index (χ1v) is 12.8. The van der Waals surface area contributed by atoms with Crippen molar-refractivity contribution in [2.45, 2.75) is 20.8 Å². The summed E-state index contributed by atoms with van der Waals surface area (Å²) < 4.78 is 22.6. The van der Waals surface area contributed by atoms with Crippen LogP contribution in [0.25, 0.3) is 6.08 Å². The van der Waals surface area contributed by atoms with Gasteiger partial charge in [0.15, 0.2) is 17.3 Å². The number of amides is 1. The van der Waals surface area contributed by atoms with E-state index in [9.17, 15) is 4.79 Å². The quantitative estimate of drug-likeness (QED) is 0.335. The Kier molecular flexibility index (Phi) is 8.62. The normalized spacial score (nSPS) is 16.1. The van der Waals surface area contributed by atoms with Crippen LogP contribution in [0.4, 0.5) is 0 Å². The van der Waals surface area contributed by atoms with Gasteiger partial charge in [-0.2, -0.15) is 15.1 Å². The summed E-state index contributed by atoms with van der Waals surface area (Å²) in [4.78, 5) is 16.8. The Morgan fingerprint density at radius 3 is 2.46 bits per heavy atom. The van der Waals surface area contributed by atoms with Crippen molar-refractivity contribution in [3.05, 3.63) is 59.2 Å². The van der Waals surface area contributed by atoms with Gasteiger partial charge in [0, 0.05) is 5.92 Å². The largest absolute Gasteiger partial charge is 0.493 e. The van der Waals surface area contributed by atoms with Gasteiger partial charge >= 0.3 is 0 Å². The first kappa shape index (κ1) is 26.4. The zero-order valence-electron chi connectivity index (χ0n) is 21.3. The molecular weight excluding hydrogens is 492 g/mol. The molecule has 0 spiro atoms. The first-order chi connectivity index (χ1) is 17.9. The molecule has 2 aliphatic rings. The maximum atomic E-state index is 12.6. The molecule has 0 aliphatic carbocycles. The number of aliphatic imine (C=N–C) groups is 1. The molecular formula is C27H30N4O5S. The molecule has 0 atom stereocenters. The van der Waals surface area contributed by atoms with Crippen molar-refractivity contribution in [2.75, 3.05) is 33.5 Å².